The third-order valence-corrected chi connectivity index (χ3v) is 5.78. The SMILES string of the molecule is COc1ccc(CN2C(=O)N[C@@H](CC(=O)Nc3nc4ccccc4s3)C2=O)cc1OC. The van der Waals surface area contributed by atoms with Crippen LogP contribution in [-0.2, 0) is 16.1 Å². The number of aromatic nitrogens is 1. The van der Waals surface area contributed by atoms with Gasteiger partial charge < -0.3 is 20.1 Å². The van der Waals surface area contributed by atoms with Crippen LogP contribution in [0.4, 0.5) is 9.93 Å². The van der Waals surface area contributed by atoms with Crippen molar-refractivity contribution in [2.24, 2.45) is 0 Å². The van der Waals surface area contributed by atoms with Gasteiger partial charge in [0.15, 0.2) is 16.6 Å². The van der Waals surface area contributed by atoms with Crippen LogP contribution in [0.5, 0.6) is 11.5 Å². The molecule has 4 rings (SSSR count). The van der Waals surface area contributed by atoms with E-state index in [-0.39, 0.29) is 13.0 Å². The first-order valence-electron chi connectivity index (χ1n) is 9.46. The van der Waals surface area contributed by atoms with E-state index in [9.17, 15) is 14.4 Å². The quantitative estimate of drug-likeness (QED) is 0.547. The number of para-hydroxylation sites is 1. The topological polar surface area (TPSA) is 110 Å². The van der Waals surface area contributed by atoms with E-state index in [0.29, 0.717) is 22.2 Å². The summed E-state index contributed by atoms with van der Waals surface area (Å²) in [6, 6.07) is 11.2. The predicted molar refractivity (Wildman–Crippen MR) is 115 cm³/mol. The number of imide groups is 1. The standard InChI is InChI=1S/C21H20N4O5S/c1-29-15-8-7-12(9-16(15)30-2)11-25-19(27)14(23-21(25)28)10-18(26)24-20-22-13-5-3-4-6-17(13)31-20/h3-9,14H,10-11H2,1-2H3,(H,23,28)(H,22,24,26)/t14-/m0/s1. The Kier molecular flexibility index (Phi) is 5.72. The number of urea groups is 1. The number of amides is 4. The number of thiazole rings is 1. The number of benzene rings is 2. The Labute approximate surface area is 182 Å². The molecule has 1 aliphatic heterocycles. The summed E-state index contributed by atoms with van der Waals surface area (Å²) in [5, 5.41) is 5.72. The van der Waals surface area contributed by atoms with Crippen LogP contribution in [0.15, 0.2) is 42.5 Å². The molecule has 2 heterocycles. The van der Waals surface area contributed by atoms with E-state index in [1.165, 1.54) is 25.6 Å². The van der Waals surface area contributed by atoms with E-state index in [0.717, 1.165) is 15.1 Å². The van der Waals surface area contributed by atoms with Gasteiger partial charge in [0, 0.05) is 0 Å². The number of rotatable bonds is 7. The van der Waals surface area contributed by atoms with Gasteiger partial charge in [0.05, 0.1) is 37.4 Å². The minimum absolute atomic E-state index is 0.0566. The highest BCUT2D eigenvalue weighted by Gasteiger charge is 2.39. The van der Waals surface area contributed by atoms with Gasteiger partial charge in [-0.1, -0.05) is 29.5 Å². The number of hydrogen-bond donors (Lipinski definition) is 2. The van der Waals surface area contributed by atoms with Crippen LogP contribution in [0.3, 0.4) is 0 Å². The molecule has 2 N–H and O–H groups in total. The Morgan fingerprint density at radius 3 is 2.68 bits per heavy atom. The average Bonchev–Trinajstić information content (AvgIpc) is 3.28. The second kappa shape index (κ2) is 8.60. The molecule has 4 amide bonds. The summed E-state index contributed by atoms with van der Waals surface area (Å²) >= 11 is 1.35. The van der Waals surface area contributed by atoms with Crippen molar-refractivity contribution in [1.82, 2.24) is 15.2 Å². The normalized spacial score (nSPS) is 15.8. The summed E-state index contributed by atoms with van der Waals surface area (Å²) in [6.07, 6.45) is -0.178. The molecule has 0 saturated carbocycles. The van der Waals surface area contributed by atoms with Gasteiger partial charge in [-0.2, -0.15) is 0 Å². The van der Waals surface area contributed by atoms with E-state index in [1.54, 1.807) is 18.2 Å². The fourth-order valence-electron chi connectivity index (χ4n) is 3.31. The first-order chi connectivity index (χ1) is 15.0. The number of nitrogens with zero attached hydrogens (tertiary/aromatic N) is 2. The zero-order valence-electron chi connectivity index (χ0n) is 16.9. The lowest BCUT2D eigenvalue weighted by Crippen LogP contribution is -2.34. The smallest absolute Gasteiger partial charge is 0.325 e. The molecule has 1 aliphatic rings. The molecule has 0 unspecified atom stereocenters. The molecule has 0 aliphatic carbocycles. The number of fused-ring (bicyclic) bond motifs is 1. The second-order valence-electron chi connectivity index (χ2n) is 6.85. The Balaban J connectivity index is 1.40. The van der Waals surface area contributed by atoms with Gasteiger partial charge in [-0.3, -0.25) is 14.5 Å². The lowest BCUT2D eigenvalue weighted by atomic mass is 10.1. The maximum atomic E-state index is 12.7. The summed E-state index contributed by atoms with van der Waals surface area (Å²) in [4.78, 5) is 42.9. The first-order valence-corrected chi connectivity index (χ1v) is 10.3. The van der Waals surface area contributed by atoms with Crippen molar-refractivity contribution >= 4 is 44.5 Å². The van der Waals surface area contributed by atoms with Crippen LogP contribution in [0.25, 0.3) is 10.2 Å². The van der Waals surface area contributed by atoms with Gasteiger partial charge in [-0.05, 0) is 29.8 Å². The zero-order chi connectivity index (χ0) is 22.0. The Morgan fingerprint density at radius 1 is 1.16 bits per heavy atom. The van der Waals surface area contributed by atoms with Gasteiger partial charge in [-0.25, -0.2) is 9.78 Å². The summed E-state index contributed by atoms with van der Waals surface area (Å²) in [7, 11) is 3.04. The highest BCUT2D eigenvalue weighted by atomic mass is 32.1. The molecule has 1 atom stereocenters. The molecule has 0 radical (unpaired) electrons. The Hall–Kier alpha value is -3.66. The van der Waals surface area contributed by atoms with Gasteiger partial charge >= 0.3 is 6.03 Å². The molecule has 0 bridgehead atoms. The Morgan fingerprint density at radius 2 is 1.94 bits per heavy atom. The number of hydrogen-bond acceptors (Lipinski definition) is 7. The largest absolute Gasteiger partial charge is 0.493 e. The fraction of sp³-hybridized carbons (Fsp3) is 0.238. The zero-order valence-corrected chi connectivity index (χ0v) is 17.7. The highest BCUT2D eigenvalue weighted by molar-refractivity contribution is 7.22. The number of methoxy groups -OCH3 is 2. The van der Waals surface area contributed by atoms with E-state index < -0.39 is 23.9 Å². The third-order valence-electron chi connectivity index (χ3n) is 4.83. The van der Waals surface area contributed by atoms with Crippen molar-refractivity contribution < 1.29 is 23.9 Å². The molecule has 0 spiro atoms. The lowest BCUT2D eigenvalue weighted by Gasteiger charge is -2.15. The molecule has 1 aromatic heterocycles. The van der Waals surface area contributed by atoms with Crippen molar-refractivity contribution in [3.05, 3.63) is 48.0 Å². The number of nitrogens with one attached hydrogen (secondary N) is 2. The Bertz CT molecular complexity index is 1130. The van der Waals surface area contributed by atoms with Crippen molar-refractivity contribution in [3.63, 3.8) is 0 Å². The number of carbonyl (C=O) groups excluding carboxylic acids is 3. The summed E-state index contributed by atoms with van der Waals surface area (Å²) in [5.41, 5.74) is 1.48. The van der Waals surface area contributed by atoms with Crippen molar-refractivity contribution in [2.75, 3.05) is 19.5 Å². The van der Waals surface area contributed by atoms with E-state index in [1.807, 2.05) is 24.3 Å². The van der Waals surface area contributed by atoms with E-state index >= 15 is 0 Å². The fourth-order valence-corrected chi connectivity index (χ4v) is 4.19. The van der Waals surface area contributed by atoms with Crippen molar-refractivity contribution in [3.8, 4) is 11.5 Å². The molecule has 31 heavy (non-hydrogen) atoms. The summed E-state index contributed by atoms with van der Waals surface area (Å²) < 4.78 is 11.4. The van der Waals surface area contributed by atoms with Crippen LogP contribution in [0, 0.1) is 0 Å². The molecule has 160 valence electrons. The van der Waals surface area contributed by atoms with Crippen LogP contribution >= 0.6 is 11.3 Å². The minimum atomic E-state index is -0.929. The van der Waals surface area contributed by atoms with Crippen molar-refractivity contribution in [1.29, 1.82) is 0 Å². The number of anilines is 1. The second-order valence-corrected chi connectivity index (χ2v) is 7.89. The van der Waals surface area contributed by atoms with E-state index in [4.69, 9.17) is 9.47 Å². The third kappa shape index (κ3) is 4.29. The van der Waals surface area contributed by atoms with Gasteiger partial charge in [0.2, 0.25) is 5.91 Å². The highest BCUT2D eigenvalue weighted by Crippen LogP contribution is 2.29. The molecule has 3 aromatic rings. The molecular formula is C21H20N4O5S. The van der Waals surface area contributed by atoms with Crippen LogP contribution in [-0.4, -0.2) is 48.0 Å². The maximum absolute atomic E-state index is 12.7. The molecule has 10 heteroatoms. The maximum Gasteiger partial charge on any atom is 0.325 e. The molecule has 2 aromatic carbocycles. The number of carbonyl (C=O) groups is 3. The average molecular weight is 440 g/mol. The molecule has 1 saturated heterocycles. The predicted octanol–water partition coefficient (Wildman–Crippen LogP) is 2.76. The van der Waals surface area contributed by atoms with Gasteiger partial charge in [-0.15, -0.1) is 0 Å². The van der Waals surface area contributed by atoms with Crippen LogP contribution < -0.4 is 20.1 Å². The van der Waals surface area contributed by atoms with Crippen molar-refractivity contribution in [2.45, 2.75) is 19.0 Å². The van der Waals surface area contributed by atoms with Gasteiger partial charge in [0.25, 0.3) is 5.91 Å². The summed E-state index contributed by atoms with van der Waals surface area (Å²) in [5.74, 6) is 0.191. The summed E-state index contributed by atoms with van der Waals surface area (Å²) in [6.45, 7) is 0.0566. The number of ether oxygens (including phenoxy) is 2. The van der Waals surface area contributed by atoms with Crippen LogP contribution in [0.2, 0.25) is 0 Å². The molecular weight excluding hydrogens is 420 g/mol. The first kappa shape index (κ1) is 20.6. The lowest BCUT2D eigenvalue weighted by molar-refractivity contribution is -0.130. The minimum Gasteiger partial charge on any atom is -0.493 e. The van der Waals surface area contributed by atoms with Crippen LogP contribution in [0.1, 0.15) is 12.0 Å². The van der Waals surface area contributed by atoms with Gasteiger partial charge in [0.1, 0.15) is 6.04 Å². The molecule has 1 fully saturated rings. The monoisotopic (exact) mass is 440 g/mol. The van der Waals surface area contributed by atoms with E-state index in [2.05, 4.69) is 15.6 Å². The molecule has 9 nitrogen and oxygen atoms in total.